The number of nitrogens with one attached hydrogen (secondary N) is 1. The Balaban J connectivity index is 1.34. The molecule has 1 aliphatic rings. The Hall–Kier alpha value is -3.42. The molecule has 1 saturated heterocycles. The normalized spacial score (nSPS) is 16.5. The fourth-order valence-electron chi connectivity index (χ4n) is 3.20. The summed E-state index contributed by atoms with van der Waals surface area (Å²) in [5.74, 6) is 0.651. The number of likely N-dealkylation sites (tertiary alicyclic amines) is 1. The number of benzene rings is 1. The zero-order valence-corrected chi connectivity index (χ0v) is 15.4. The minimum Gasteiger partial charge on any atom is -0.484 e. The first-order chi connectivity index (χ1) is 13.6. The molecule has 1 unspecified atom stereocenters. The van der Waals surface area contributed by atoms with Crippen LogP contribution in [0.1, 0.15) is 29.7 Å². The van der Waals surface area contributed by atoms with Crippen molar-refractivity contribution >= 4 is 22.7 Å². The van der Waals surface area contributed by atoms with E-state index < -0.39 is 0 Å². The highest BCUT2D eigenvalue weighted by Gasteiger charge is 2.30. The van der Waals surface area contributed by atoms with Crippen LogP contribution < -0.4 is 10.1 Å². The highest BCUT2D eigenvalue weighted by atomic mass is 16.5. The van der Waals surface area contributed by atoms with Crippen molar-refractivity contribution < 1.29 is 18.7 Å². The van der Waals surface area contributed by atoms with Gasteiger partial charge < -0.3 is 19.4 Å². The standard InChI is InChI=1S/C20H20N4O4/c1-2-24-10-14(9-19(24)25)22-20(26)17-11-28-18(23-17)12-27-15-5-6-16-13(8-15)4-3-7-21-16/h3-8,11,14H,2,9-10,12H2,1H3,(H,22,26). The number of amides is 2. The minimum atomic E-state index is -0.359. The van der Waals surface area contributed by atoms with Gasteiger partial charge in [0.2, 0.25) is 11.8 Å². The monoisotopic (exact) mass is 380 g/mol. The van der Waals surface area contributed by atoms with Crippen molar-refractivity contribution in [2.45, 2.75) is 26.0 Å². The maximum absolute atomic E-state index is 12.3. The third kappa shape index (κ3) is 3.80. The number of fused-ring (bicyclic) bond motifs is 1. The van der Waals surface area contributed by atoms with Gasteiger partial charge in [-0.2, -0.15) is 0 Å². The van der Waals surface area contributed by atoms with Gasteiger partial charge in [0, 0.05) is 31.1 Å². The fourth-order valence-corrected chi connectivity index (χ4v) is 3.20. The summed E-state index contributed by atoms with van der Waals surface area (Å²) in [6, 6.07) is 9.20. The van der Waals surface area contributed by atoms with Crippen molar-refractivity contribution in [1.82, 2.24) is 20.2 Å². The highest BCUT2D eigenvalue weighted by molar-refractivity contribution is 5.93. The summed E-state index contributed by atoms with van der Waals surface area (Å²) in [4.78, 5) is 34.2. The number of rotatable bonds is 6. The van der Waals surface area contributed by atoms with E-state index in [0.717, 1.165) is 10.9 Å². The summed E-state index contributed by atoms with van der Waals surface area (Å²) in [5, 5.41) is 3.80. The second-order valence-corrected chi connectivity index (χ2v) is 6.58. The molecule has 1 aliphatic heterocycles. The molecule has 8 nitrogen and oxygen atoms in total. The van der Waals surface area contributed by atoms with Crippen molar-refractivity contribution in [3.63, 3.8) is 0 Å². The van der Waals surface area contributed by atoms with Gasteiger partial charge in [-0.15, -0.1) is 0 Å². The molecule has 3 aromatic rings. The van der Waals surface area contributed by atoms with Crippen molar-refractivity contribution in [3.05, 3.63) is 54.4 Å². The van der Waals surface area contributed by atoms with Crippen LogP contribution in [0, 0.1) is 0 Å². The lowest BCUT2D eigenvalue weighted by Gasteiger charge is -2.13. The smallest absolute Gasteiger partial charge is 0.273 e. The third-order valence-electron chi connectivity index (χ3n) is 4.65. The van der Waals surface area contributed by atoms with Crippen LogP contribution in [0.15, 0.2) is 47.2 Å². The molecule has 1 atom stereocenters. The molecule has 1 fully saturated rings. The number of aromatic nitrogens is 2. The highest BCUT2D eigenvalue weighted by Crippen LogP contribution is 2.20. The number of carbonyl (C=O) groups is 2. The molecule has 2 amide bonds. The number of hydrogen-bond acceptors (Lipinski definition) is 6. The number of likely N-dealkylation sites (N-methyl/N-ethyl adjacent to an activating group) is 1. The lowest BCUT2D eigenvalue weighted by Crippen LogP contribution is -2.37. The lowest BCUT2D eigenvalue weighted by molar-refractivity contribution is -0.127. The van der Waals surface area contributed by atoms with E-state index in [1.807, 2.05) is 37.3 Å². The first kappa shape index (κ1) is 18.0. The number of pyridine rings is 1. The molecule has 1 aromatic carbocycles. The van der Waals surface area contributed by atoms with Crippen LogP contribution in [0.3, 0.4) is 0 Å². The number of nitrogens with zero attached hydrogens (tertiary/aromatic N) is 3. The van der Waals surface area contributed by atoms with Gasteiger partial charge >= 0.3 is 0 Å². The van der Waals surface area contributed by atoms with Crippen LogP contribution in [0.4, 0.5) is 0 Å². The van der Waals surface area contributed by atoms with Crippen LogP contribution in [-0.4, -0.2) is 45.8 Å². The second kappa shape index (κ2) is 7.67. The minimum absolute atomic E-state index is 0.0487. The first-order valence-corrected chi connectivity index (χ1v) is 9.13. The molecular formula is C20H20N4O4. The molecule has 0 radical (unpaired) electrons. The average Bonchev–Trinajstić information content (AvgIpc) is 3.32. The molecule has 28 heavy (non-hydrogen) atoms. The summed E-state index contributed by atoms with van der Waals surface area (Å²) < 4.78 is 11.0. The molecule has 8 heteroatoms. The van der Waals surface area contributed by atoms with Gasteiger partial charge in [-0.3, -0.25) is 14.6 Å². The van der Waals surface area contributed by atoms with E-state index in [2.05, 4.69) is 15.3 Å². The van der Waals surface area contributed by atoms with Crippen LogP contribution >= 0.6 is 0 Å². The van der Waals surface area contributed by atoms with E-state index >= 15 is 0 Å². The van der Waals surface area contributed by atoms with Crippen LogP contribution in [0.2, 0.25) is 0 Å². The first-order valence-electron chi connectivity index (χ1n) is 9.13. The quantitative estimate of drug-likeness (QED) is 0.704. The Morgan fingerprint density at radius 3 is 3.11 bits per heavy atom. The topological polar surface area (TPSA) is 97.6 Å². The molecule has 3 heterocycles. The number of oxazole rings is 1. The Labute approximate surface area is 161 Å². The van der Waals surface area contributed by atoms with Crippen molar-refractivity contribution in [3.8, 4) is 5.75 Å². The number of hydrogen-bond donors (Lipinski definition) is 1. The molecule has 0 aliphatic carbocycles. The number of carbonyl (C=O) groups excluding carboxylic acids is 2. The molecule has 0 bridgehead atoms. The Morgan fingerprint density at radius 1 is 1.39 bits per heavy atom. The van der Waals surface area contributed by atoms with Crippen molar-refractivity contribution in [2.75, 3.05) is 13.1 Å². The fraction of sp³-hybridized carbons (Fsp3) is 0.300. The predicted octanol–water partition coefficient (Wildman–Crippen LogP) is 2.15. The SMILES string of the molecule is CCN1CC(NC(=O)c2coc(COc3ccc4ncccc4c3)n2)CC1=O. The third-order valence-corrected chi connectivity index (χ3v) is 4.65. The van der Waals surface area contributed by atoms with E-state index in [-0.39, 0.29) is 30.2 Å². The maximum atomic E-state index is 12.3. The molecule has 1 N–H and O–H groups in total. The summed E-state index contributed by atoms with van der Waals surface area (Å²) >= 11 is 0. The Kier molecular flexibility index (Phi) is 4.92. The Bertz CT molecular complexity index is 1020. The average molecular weight is 380 g/mol. The zero-order valence-electron chi connectivity index (χ0n) is 15.4. The summed E-state index contributed by atoms with van der Waals surface area (Å²) in [5.41, 5.74) is 1.06. The van der Waals surface area contributed by atoms with E-state index in [4.69, 9.17) is 9.15 Å². The van der Waals surface area contributed by atoms with E-state index in [9.17, 15) is 9.59 Å². The van der Waals surface area contributed by atoms with Crippen LogP contribution in [0.5, 0.6) is 5.75 Å². The van der Waals surface area contributed by atoms with Crippen molar-refractivity contribution in [2.24, 2.45) is 0 Å². The van der Waals surface area contributed by atoms with Gasteiger partial charge in [0.1, 0.15) is 12.0 Å². The van der Waals surface area contributed by atoms with E-state index in [0.29, 0.717) is 31.2 Å². The second-order valence-electron chi connectivity index (χ2n) is 6.58. The van der Waals surface area contributed by atoms with E-state index in [1.165, 1.54) is 6.26 Å². The molecule has 4 rings (SSSR count). The summed E-state index contributed by atoms with van der Waals surface area (Å²) in [7, 11) is 0. The van der Waals surface area contributed by atoms with Gasteiger partial charge in [-0.05, 0) is 31.2 Å². The molecule has 144 valence electrons. The summed E-state index contributed by atoms with van der Waals surface area (Å²) in [6.07, 6.45) is 3.35. The van der Waals surface area contributed by atoms with Crippen molar-refractivity contribution in [1.29, 1.82) is 0 Å². The Morgan fingerprint density at radius 2 is 2.29 bits per heavy atom. The van der Waals surface area contributed by atoms with Gasteiger partial charge in [0.05, 0.1) is 11.6 Å². The van der Waals surface area contributed by atoms with E-state index in [1.54, 1.807) is 11.1 Å². The predicted molar refractivity (Wildman–Crippen MR) is 101 cm³/mol. The van der Waals surface area contributed by atoms with Gasteiger partial charge in [-0.25, -0.2) is 4.98 Å². The van der Waals surface area contributed by atoms with Gasteiger partial charge in [0.15, 0.2) is 12.3 Å². The lowest BCUT2D eigenvalue weighted by atomic mass is 10.2. The molecule has 2 aromatic heterocycles. The largest absolute Gasteiger partial charge is 0.484 e. The van der Waals surface area contributed by atoms with Crippen LogP contribution in [0.25, 0.3) is 10.9 Å². The molecule has 0 spiro atoms. The zero-order chi connectivity index (χ0) is 19.5. The van der Waals surface area contributed by atoms with Gasteiger partial charge in [0.25, 0.3) is 5.91 Å². The molecular weight excluding hydrogens is 360 g/mol. The van der Waals surface area contributed by atoms with Gasteiger partial charge in [-0.1, -0.05) is 6.07 Å². The number of ether oxygens (including phenoxy) is 1. The molecule has 0 saturated carbocycles. The summed E-state index contributed by atoms with van der Waals surface area (Å²) in [6.45, 7) is 3.18. The van der Waals surface area contributed by atoms with Crippen LogP contribution in [-0.2, 0) is 11.4 Å². The maximum Gasteiger partial charge on any atom is 0.273 e.